The van der Waals surface area contributed by atoms with Crippen LogP contribution in [0.3, 0.4) is 0 Å². The first kappa shape index (κ1) is 18.2. The average molecular weight is 336 g/mol. The van der Waals surface area contributed by atoms with Crippen molar-refractivity contribution in [1.29, 1.82) is 5.26 Å². The zero-order valence-corrected chi connectivity index (χ0v) is 14.1. The highest BCUT2D eigenvalue weighted by Gasteiger charge is 2.22. The number of hydrogen-bond acceptors (Lipinski definition) is 4. The maximum absolute atomic E-state index is 12.2. The van der Waals surface area contributed by atoms with Crippen LogP contribution in [-0.2, 0) is 27.2 Å². The van der Waals surface area contributed by atoms with Crippen LogP contribution in [0, 0.1) is 11.3 Å². The molecule has 1 N–H and O–H groups in total. The first-order chi connectivity index (χ1) is 12.1. The largest absolute Gasteiger partial charge is 0.467 e. The van der Waals surface area contributed by atoms with Gasteiger partial charge < -0.3 is 10.1 Å². The third kappa shape index (κ3) is 5.47. The summed E-state index contributed by atoms with van der Waals surface area (Å²) in [5.74, 6) is -0.755. The summed E-state index contributed by atoms with van der Waals surface area (Å²) in [4.78, 5) is 24.2. The van der Waals surface area contributed by atoms with E-state index in [1.54, 1.807) is 24.3 Å². The summed E-state index contributed by atoms with van der Waals surface area (Å²) in [6, 6.07) is 17.9. The topological polar surface area (TPSA) is 79.2 Å². The molecule has 1 amide bonds. The Morgan fingerprint density at radius 1 is 1.12 bits per heavy atom. The Morgan fingerprint density at radius 2 is 1.80 bits per heavy atom. The van der Waals surface area contributed by atoms with Crippen LogP contribution in [0.1, 0.15) is 23.1 Å². The fraction of sp³-hybridized carbons (Fsp3) is 0.250. The van der Waals surface area contributed by atoms with E-state index in [9.17, 15) is 9.59 Å². The van der Waals surface area contributed by atoms with Crippen molar-refractivity contribution in [2.45, 2.75) is 25.3 Å². The smallest absolute Gasteiger partial charge is 0.328 e. The predicted molar refractivity (Wildman–Crippen MR) is 93.6 cm³/mol. The van der Waals surface area contributed by atoms with Crippen LogP contribution in [0.25, 0.3) is 0 Å². The lowest BCUT2D eigenvalue weighted by molar-refractivity contribution is -0.145. The lowest BCUT2D eigenvalue weighted by Crippen LogP contribution is -2.43. The molecule has 128 valence electrons. The van der Waals surface area contributed by atoms with Gasteiger partial charge in [-0.3, -0.25) is 4.79 Å². The number of aryl methyl sites for hydroxylation is 1. The Morgan fingerprint density at radius 3 is 2.48 bits per heavy atom. The van der Waals surface area contributed by atoms with Crippen molar-refractivity contribution in [2.75, 3.05) is 7.11 Å². The van der Waals surface area contributed by atoms with Crippen molar-refractivity contribution in [3.05, 3.63) is 71.3 Å². The van der Waals surface area contributed by atoms with Crippen molar-refractivity contribution >= 4 is 11.9 Å². The standard InChI is InChI=1S/C20H20N2O3/c1-25-20(24)18(13-16-9-5-6-10-17(16)14-21)22-19(23)12-11-15-7-3-2-4-8-15/h2-10,18H,11-13H2,1H3,(H,22,23)/t18-/m1/s1. The van der Waals surface area contributed by atoms with Gasteiger partial charge >= 0.3 is 5.97 Å². The normalized spacial score (nSPS) is 11.2. The molecule has 2 aromatic carbocycles. The van der Waals surface area contributed by atoms with Gasteiger partial charge in [-0.25, -0.2) is 4.79 Å². The molecule has 0 saturated carbocycles. The van der Waals surface area contributed by atoms with E-state index in [2.05, 4.69) is 11.4 Å². The van der Waals surface area contributed by atoms with Crippen molar-refractivity contribution in [2.24, 2.45) is 0 Å². The number of amides is 1. The minimum Gasteiger partial charge on any atom is -0.467 e. The van der Waals surface area contributed by atoms with Crippen LogP contribution >= 0.6 is 0 Å². The van der Waals surface area contributed by atoms with E-state index in [1.165, 1.54) is 7.11 Å². The Bertz CT molecular complexity index is 766. The summed E-state index contributed by atoms with van der Waals surface area (Å²) in [5.41, 5.74) is 2.24. The zero-order chi connectivity index (χ0) is 18.1. The number of carbonyl (C=O) groups excluding carboxylic acids is 2. The molecule has 1 atom stereocenters. The molecule has 5 nitrogen and oxygen atoms in total. The second-order valence-electron chi connectivity index (χ2n) is 5.60. The first-order valence-corrected chi connectivity index (χ1v) is 8.03. The van der Waals surface area contributed by atoms with Gasteiger partial charge in [0.15, 0.2) is 0 Å². The van der Waals surface area contributed by atoms with Gasteiger partial charge in [-0.05, 0) is 23.6 Å². The van der Waals surface area contributed by atoms with Crippen molar-refractivity contribution in [3.63, 3.8) is 0 Å². The van der Waals surface area contributed by atoms with Gasteiger partial charge in [0.25, 0.3) is 0 Å². The molecule has 0 aliphatic carbocycles. The molecule has 0 fully saturated rings. The molecule has 0 heterocycles. The second kappa shape index (κ2) is 9.24. The van der Waals surface area contributed by atoms with E-state index in [0.29, 0.717) is 17.5 Å². The summed E-state index contributed by atoms with van der Waals surface area (Å²) in [6.07, 6.45) is 1.08. The number of methoxy groups -OCH3 is 1. The van der Waals surface area contributed by atoms with Gasteiger partial charge in [-0.15, -0.1) is 0 Å². The lowest BCUT2D eigenvalue weighted by atomic mass is 10.0. The third-order valence-electron chi connectivity index (χ3n) is 3.87. The number of carbonyl (C=O) groups is 2. The van der Waals surface area contributed by atoms with Gasteiger partial charge in [-0.1, -0.05) is 48.5 Å². The highest BCUT2D eigenvalue weighted by Crippen LogP contribution is 2.11. The number of benzene rings is 2. The molecular weight excluding hydrogens is 316 g/mol. The molecule has 0 spiro atoms. The Balaban J connectivity index is 2.01. The van der Waals surface area contributed by atoms with E-state index >= 15 is 0 Å². The zero-order valence-electron chi connectivity index (χ0n) is 14.1. The summed E-state index contributed by atoms with van der Waals surface area (Å²) >= 11 is 0. The van der Waals surface area contributed by atoms with Crippen molar-refractivity contribution in [3.8, 4) is 6.07 Å². The molecule has 5 heteroatoms. The molecule has 0 aliphatic rings. The van der Waals surface area contributed by atoms with Crippen molar-refractivity contribution < 1.29 is 14.3 Å². The number of rotatable bonds is 7. The molecule has 0 saturated heterocycles. The molecule has 0 aliphatic heterocycles. The number of ether oxygens (including phenoxy) is 1. The van der Waals surface area contributed by atoms with Gasteiger partial charge in [0.05, 0.1) is 18.7 Å². The maximum Gasteiger partial charge on any atom is 0.328 e. The van der Waals surface area contributed by atoms with Gasteiger partial charge in [-0.2, -0.15) is 5.26 Å². The molecule has 0 unspecified atom stereocenters. The predicted octanol–water partition coefficient (Wildman–Crippen LogP) is 2.39. The van der Waals surface area contributed by atoms with E-state index in [-0.39, 0.29) is 18.7 Å². The molecule has 2 rings (SSSR count). The minimum atomic E-state index is -0.817. The van der Waals surface area contributed by atoms with Crippen LogP contribution in [-0.4, -0.2) is 25.0 Å². The van der Waals surface area contributed by atoms with Gasteiger partial charge in [0.2, 0.25) is 5.91 Å². The summed E-state index contributed by atoms with van der Waals surface area (Å²) in [6.45, 7) is 0. The van der Waals surface area contributed by atoms with Crippen LogP contribution in [0.5, 0.6) is 0 Å². The monoisotopic (exact) mass is 336 g/mol. The van der Waals surface area contributed by atoms with Crippen LogP contribution < -0.4 is 5.32 Å². The first-order valence-electron chi connectivity index (χ1n) is 8.03. The van der Waals surface area contributed by atoms with Crippen LogP contribution in [0.15, 0.2) is 54.6 Å². The molecule has 0 bridgehead atoms. The van der Waals surface area contributed by atoms with E-state index in [1.807, 2.05) is 30.3 Å². The number of nitriles is 1. The quantitative estimate of drug-likeness (QED) is 0.788. The summed E-state index contributed by atoms with van der Waals surface area (Å²) in [7, 11) is 1.28. The molecule has 0 radical (unpaired) electrons. The van der Waals surface area contributed by atoms with E-state index in [0.717, 1.165) is 5.56 Å². The second-order valence-corrected chi connectivity index (χ2v) is 5.60. The molecule has 0 aromatic heterocycles. The molecule has 25 heavy (non-hydrogen) atoms. The maximum atomic E-state index is 12.2. The fourth-order valence-corrected chi connectivity index (χ4v) is 2.53. The average Bonchev–Trinajstić information content (AvgIpc) is 2.66. The molecule has 2 aromatic rings. The van der Waals surface area contributed by atoms with E-state index < -0.39 is 12.0 Å². The fourth-order valence-electron chi connectivity index (χ4n) is 2.53. The summed E-state index contributed by atoms with van der Waals surface area (Å²) in [5, 5.41) is 11.9. The van der Waals surface area contributed by atoms with E-state index in [4.69, 9.17) is 10.00 Å². The SMILES string of the molecule is COC(=O)[C@@H](Cc1ccccc1C#N)NC(=O)CCc1ccccc1. The third-order valence-corrected chi connectivity index (χ3v) is 3.87. The van der Waals surface area contributed by atoms with Crippen molar-refractivity contribution in [1.82, 2.24) is 5.32 Å². The van der Waals surface area contributed by atoms with Gasteiger partial charge in [0, 0.05) is 12.8 Å². The minimum absolute atomic E-state index is 0.216. The highest BCUT2D eigenvalue weighted by atomic mass is 16.5. The van der Waals surface area contributed by atoms with Crippen LogP contribution in [0.4, 0.5) is 0 Å². The number of nitrogens with one attached hydrogen (secondary N) is 1. The Kier molecular flexibility index (Phi) is 6.73. The Hall–Kier alpha value is -3.13. The number of hydrogen-bond donors (Lipinski definition) is 1. The summed E-state index contributed by atoms with van der Waals surface area (Å²) < 4.78 is 4.79. The van der Waals surface area contributed by atoms with Gasteiger partial charge in [0.1, 0.15) is 6.04 Å². The lowest BCUT2D eigenvalue weighted by Gasteiger charge is -2.17. The Labute approximate surface area is 147 Å². The number of esters is 1. The van der Waals surface area contributed by atoms with Crippen LogP contribution in [0.2, 0.25) is 0 Å². The molecular formula is C20H20N2O3. The number of nitrogens with zero attached hydrogens (tertiary/aromatic N) is 1. The highest BCUT2D eigenvalue weighted by molar-refractivity contribution is 5.84.